The molecule has 2 aromatic carbocycles. The van der Waals surface area contributed by atoms with E-state index in [2.05, 4.69) is 26.8 Å². The number of hydrogen-bond acceptors (Lipinski definition) is 5. The molecule has 1 aliphatic heterocycles. The van der Waals surface area contributed by atoms with Crippen molar-refractivity contribution in [2.75, 3.05) is 25.2 Å². The van der Waals surface area contributed by atoms with Crippen molar-refractivity contribution >= 4 is 39.3 Å². The number of anilines is 1. The van der Waals surface area contributed by atoms with Gasteiger partial charge in [0, 0.05) is 28.7 Å². The van der Waals surface area contributed by atoms with Crippen molar-refractivity contribution in [3.05, 3.63) is 52.5 Å². The number of carbonyl (C=O) groups excluding carboxylic acids is 3. The first-order valence-electron chi connectivity index (χ1n) is 9.40. The SMILES string of the molecule is CCOc1ccc(C(=O)NNC(=O)C2CC(=O)N(c3cccc(Br)c3)C2)cc1OC. The van der Waals surface area contributed by atoms with Gasteiger partial charge in [0.2, 0.25) is 11.8 Å². The number of halogens is 1. The largest absolute Gasteiger partial charge is 0.493 e. The Morgan fingerprint density at radius 2 is 1.97 bits per heavy atom. The van der Waals surface area contributed by atoms with Gasteiger partial charge in [0.15, 0.2) is 11.5 Å². The summed E-state index contributed by atoms with van der Waals surface area (Å²) >= 11 is 3.38. The van der Waals surface area contributed by atoms with Crippen LogP contribution in [0.15, 0.2) is 46.9 Å². The molecule has 0 saturated carbocycles. The second-order valence-corrected chi connectivity index (χ2v) is 7.54. The fourth-order valence-electron chi connectivity index (χ4n) is 3.15. The van der Waals surface area contributed by atoms with Crippen LogP contribution in [0.3, 0.4) is 0 Å². The lowest BCUT2D eigenvalue weighted by molar-refractivity contribution is -0.126. The van der Waals surface area contributed by atoms with Gasteiger partial charge < -0.3 is 14.4 Å². The first-order valence-corrected chi connectivity index (χ1v) is 10.2. The molecule has 0 aromatic heterocycles. The number of methoxy groups -OCH3 is 1. The molecule has 1 atom stereocenters. The molecule has 0 bridgehead atoms. The number of hydrazine groups is 1. The lowest BCUT2D eigenvalue weighted by atomic mass is 10.1. The zero-order valence-electron chi connectivity index (χ0n) is 16.6. The maximum atomic E-state index is 12.5. The maximum absolute atomic E-state index is 12.5. The highest BCUT2D eigenvalue weighted by Gasteiger charge is 2.35. The maximum Gasteiger partial charge on any atom is 0.269 e. The number of benzene rings is 2. The van der Waals surface area contributed by atoms with Crippen LogP contribution in [0.4, 0.5) is 5.69 Å². The first kappa shape index (κ1) is 21.6. The summed E-state index contributed by atoms with van der Waals surface area (Å²) < 4.78 is 11.5. The van der Waals surface area contributed by atoms with Gasteiger partial charge in [0.05, 0.1) is 19.6 Å². The fraction of sp³-hybridized carbons (Fsp3) is 0.286. The van der Waals surface area contributed by atoms with Crippen molar-refractivity contribution in [2.45, 2.75) is 13.3 Å². The Morgan fingerprint density at radius 3 is 2.67 bits per heavy atom. The summed E-state index contributed by atoms with van der Waals surface area (Å²) in [5.74, 6) is -0.688. The Labute approximate surface area is 182 Å². The van der Waals surface area contributed by atoms with Crippen LogP contribution in [0.5, 0.6) is 11.5 Å². The summed E-state index contributed by atoms with van der Waals surface area (Å²) in [6.07, 6.45) is 0.0745. The quantitative estimate of drug-likeness (QED) is 0.625. The van der Waals surface area contributed by atoms with Crippen LogP contribution in [0, 0.1) is 5.92 Å². The minimum Gasteiger partial charge on any atom is -0.493 e. The van der Waals surface area contributed by atoms with Gasteiger partial charge in [0.1, 0.15) is 0 Å². The average molecular weight is 476 g/mol. The number of rotatable bonds is 6. The van der Waals surface area contributed by atoms with Crippen LogP contribution in [-0.2, 0) is 9.59 Å². The molecule has 2 aromatic rings. The lowest BCUT2D eigenvalue weighted by Gasteiger charge is -2.17. The van der Waals surface area contributed by atoms with Crippen LogP contribution in [0.25, 0.3) is 0 Å². The molecule has 8 nitrogen and oxygen atoms in total. The number of ether oxygens (including phenoxy) is 2. The van der Waals surface area contributed by atoms with Crippen LogP contribution in [0.2, 0.25) is 0 Å². The Hall–Kier alpha value is -3.07. The van der Waals surface area contributed by atoms with E-state index in [0.29, 0.717) is 23.7 Å². The van der Waals surface area contributed by atoms with Crippen molar-refractivity contribution in [1.82, 2.24) is 10.9 Å². The van der Waals surface area contributed by atoms with Gasteiger partial charge in [-0.25, -0.2) is 0 Å². The molecule has 3 amide bonds. The van der Waals surface area contributed by atoms with E-state index in [0.717, 1.165) is 10.2 Å². The number of nitrogens with one attached hydrogen (secondary N) is 2. The minimum absolute atomic E-state index is 0.0745. The topological polar surface area (TPSA) is 97.0 Å². The van der Waals surface area contributed by atoms with Crippen LogP contribution in [0.1, 0.15) is 23.7 Å². The number of hydrogen-bond donors (Lipinski definition) is 2. The second-order valence-electron chi connectivity index (χ2n) is 6.63. The van der Waals surface area contributed by atoms with E-state index >= 15 is 0 Å². The zero-order chi connectivity index (χ0) is 21.7. The molecule has 9 heteroatoms. The van der Waals surface area contributed by atoms with E-state index < -0.39 is 17.7 Å². The molecule has 3 rings (SSSR count). The standard InChI is InChI=1S/C21H22BrN3O5/c1-3-30-17-8-7-13(9-18(17)29-2)20(27)23-24-21(28)14-10-19(26)25(12-14)16-6-4-5-15(22)11-16/h4-9,11,14H,3,10,12H2,1-2H3,(H,23,27)(H,24,28). The van der Waals surface area contributed by atoms with Crippen molar-refractivity contribution in [2.24, 2.45) is 5.92 Å². The molecule has 2 N–H and O–H groups in total. The third-order valence-corrected chi connectivity index (χ3v) is 5.13. The number of nitrogens with zero attached hydrogens (tertiary/aromatic N) is 1. The van der Waals surface area contributed by atoms with Crippen LogP contribution < -0.4 is 25.2 Å². The molecule has 0 radical (unpaired) electrons. The minimum atomic E-state index is -0.563. The van der Waals surface area contributed by atoms with Crippen molar-refractivity contribution < 1.29 is 23.9 Å². The Balaban J connectivity index is 1.59. The zero-order valence-corrected chi connectivity index (χ0v) is 18.2. The average Bonchev–Trinajstić information content (AvgIpc) is 3.14. The van der Waals surface area contributed by atoms with Gasteiger partial charge in [-0.3, -0.25) is 25.2 Å². The smallest absolute Gasteiger partial charge is 0.269 e. The molecule has 1 unspecified atom stereocenters. The predicted octanol–water partition coefficient (Wildman–Crippen LogP) is 2.67. The Morgan fingerprint density at radius 1 is 1.17 bits per heavy atom. The summed E-state index contributed by atoms with van der Waals surface area (Å²) in [5, 5.41) is 0. The van der Waals surface area contributed by atoms with E-state index in [4.69, 9.17) is 9.47 Å². The molecule has 1 saturated heterocycles. The molecule has 1 fully saturated rings. The number of carbonyl (C=O) groups is 3. The van der Waals surface area contributed by atoms with Crippen LogP contribution >= 0.6 is 15.9 Å². The molecule has 1 aliphatic rings. The summed E-state index contributed by atoms with van der Waals surface area (Å²) in [4.78, 5) is 38.8. The molecular formula is C21H22BrN3O5. The summed E-state index contributed by atoms with van der Waals surface area (Å²) in [7, 11) is 1.48. The summed E-state index contributed by atoms with van der Waals surface area (Å²) in [6, 6.07) is 12.0. The predicted molar refractivity (Wildman–Crippen MR) is 114 cm³/mol. The summed E-state index contributed by atoms with van der Waals surface area (Å²) in [6.45, 7) is 2.56. The lowest BCUT2D eigenvalue weighted by Crippen LogP contribution is -2.45. The fourth-order valence-corrected chi connectivity index (χ4v) is 3.54. The van der Waals surface area contributed by atoms with Gasteiger partial charge in [0.25, 0.3) is 5.91 Å². The van der Waals surface area contributed by atoms with Crippen molar-refractivity contribution in [3.8, 4) is 11.5 Å². The first-order chi connectivity index (χ1) is 14.4. The highest BCUT2D eigenvalue weighted by molar-refractivity contribution is 9.10. The van der Waals surface area contributed by atoms with Crippen molar-refractivity contribution in [3.63, 3.8) is 0 Å². The van der Waals surface area contributed by atoms with E-state index in [-0.39, 0.29) is 18.9 Å². The van der Waals surface area contributed by atoms with E-state index in [9.17, 15) is 14.4 Å². The Bertz CT molecular complexity index is 965. The molecule has 158 valence electrons. The van der Waals surface area contributed by atoms with E-state index in [1.54, 1.807) is 17.0 Å². The third kappa shape index (κ3) is 4.91. The molecule has 1 heterocycles. The van der Waals surface area contributed by atoms with E-state index in [1.807, 2.05) is 31.2 Å². The summed E-state index contributed by atoms with van der Waals surface area (Å²) in [5.41, 5.74) is 5.81. The van der Waals surface area contributed by atoms with Crippen LogP contribution in [-0.4, -0.2) is 38.0 Å². The van der Waals surface area contributed by atoms with Gasteiger partial charge >= 0.3 is 0 Å². The second kappa shape index (κ2) is 9.62. The number of amides is 3. The molecule has 30 heavy (non-hydrogen) atoms. The Kier molecular flexibility index (Phi) is 6.94. The highest BCUT2D eigenvalue weighted by atomic mass is 79.9. The highest BCUT2D eigenvalue weighted by Crippen LogP contribution is 2.28. The molecule has 0 spiro atoms. The monoisotopic (exact) mass is 475 g/mol. The van der Waals surface area contributed by atoms with Gasteiger partial charge in [-0.15, -0.1) is 0 Å². The van der Waals surface area contributed by atoms with Crippen molar-refractivity contribution in [1.29, 1.82) is 0 Å². The molecule has 0 aliphatic carbocycles. The third-order valence-electron chi connectivity index (χ3n) is 4.64. The normalized spacial score (nSPS) is 15.6. The van der Waals surface area contributed by atoms with Gasteiger partial charge in [-0.1, -0.05) is 22.0 Å². The van der Waals surface area contributed by atoms with Gasteiger partial charge in [-0.2, -0.15) is 0 Å². The molecular weight excluding hydrogens is 454 g/mol. The van der Waals surface area contributed by atoms with E-state index in [1.165, 1.54) is 13.2 Å². The van der Waals surface area contributed by atoms with Gasteiger partial charge in [-0.05, 0) is 43.3 Å².